The third-order valence-corrected chi connectivity index (χ3v) is 8.96. The van der Waals surface area contributed by atoms with Crippen LogP contribution < -0.4 is 27.6 Å². The molecule has 20 nitrogen and oxygen atoms in total. The minimum Gasteiger partial charge on any atom is -0.352 e. The molecule has 2 aliphatic rings. The number of azide groups is 2. The number of hydrogen-bond acceptors (Lipinski definition) is 11. The highest BCUT2D eigenvalue weighted by Crippen LogP contribution is 2.46. The molecule has 3 N–H and O–H groups in total. The molecule has 4 heterocycles. The fourth-order valence-corrected chi connectivity index (χ4v) is 6.29. The molecule has 0 amide bonds. The molecule has 4 rings (SSSR count). The van der Waals surface area contributed by atoms with Crippen molar-refractivity contribution >= 4 is 7.75 Å². The van der Waals surface area contributed by atoms with Crippen LogP contribution in [0.3, 0.4) is 0 Å². The molecule has 0 bridgehead atoms. The highest BCUT2D eigenvalue weighted by molar-refractivity contribution is 7.51. The third-order valence-electron chi connectivity index (χ3n) is 7.37. The summed E-state index contributed by atoms with van der Waals surface area (Å²) in [5, 5.41) is 10.3. The second-order valence-corrected chi connectivity index (χ2v) is 12.4. The molecule has 2 aromatic heterocycles. The Labute approximate surface area is 254 Å². The number of hydrogen-bond donors (Lipinski definition) is 3. The molecule has 45 heavy (non-hydrogen) atoms. The van der Waals surface area contributed by atoms with E-state index in [-0.39, 0.29) is 43.7 Å². The van der Waals surface area contributed by atoms with Gasteiger partial charge in [0, 0.05) is 52.7 Å². The topological polar surface area (TPSA) is 273 Å². The minimum absolute atomic E-state index is 0.0760. The average Bonchev–Trinajstić information content (AvgIpc) is 3.59. The van der Waals surface area contributed by atoms with E-state index < -0.39 is 67.0 Å². The number of aryl methyl sites for hydroxylation is 2. The van der Waals surface area contributed by atoms with Crippen molar-refractivity contribution in [2.24, 2.45) is 10.2 Å². The van der Waals surface area contributed by atoms with E-state index >= 15 is 0 Å². The smallest absolute Gasteiger partial charge is 0.352 e. The molecular weight excluding hydrogens is 617 g/mol. The van der Waals surface area contributed by atoms with Crippen LogP contribution in [0.1, 0.15) is 56.2 Å². The molecule has 244 valence electrons. The standard InChI is InChI=1S/C24H34N11O9P/c1-4-5-6-27-45(40,41-11-17-15(30-32-25)7-19(43-17)34-9-13(2)21(36)28-23(34)38)42-12-18-16(31-33-26)8-20(44-18)35-10-14(3)22(37)29-24(35)39/h9-10,15-20H,4-8,11-12H2,1-3H3,(H,27,40)(H,28,36,38)(H,29,37,39)/t15-,16+,17+,18-,19+,20-,45?. The van der Waals surface area contributed by atoms with Gasteiger partial charge in [-0.05, 0) is 31.3 Å². The summed E-state index contributed by atoms with van der Waals surface area (Å²) >= 11 is 0. The molecule has 0 spiro atoms. The Morgan fingerprint density at radius 3 is 1.76 bits per heavy atom. The van der Waals surface area contributed by atoms with Crippen LogP contribution in [0.15, 0.2) is 41.8 Å². The van der Waals surface area contributed by atoms with Gasteiger partial charge in [0.1, 0.15) is 12.5 Å². The molecule has 1 unspecified atom stereocenters. The van der Waals surface area contributed by atoms with E-state index in [4.69, 9.17) is 29.6 Å². The summed E-state index contributed by atoms with van der Waals surface area (Å²) in [5.41, 5.74) is 16.2. The van der Waals surface area contributed by atoms with Crippen molar-refractivity contribution in [1.29, 1.82) is 0 Å². The zero-order valence-corrected chi connectivity index (χ0v) is 25.7. The van der Waals surface area contributed by atoms with Crippen molar-refractivity contribution in [3.8, 4) is 0 Å². The van der Waals surface area contributed by atoms with Gasteiger partial charge in [-0.25, -0.2) is 19.2 Å². The van der Waals surface area contributed by atoms with Gasteiger partial charge in [0.05, 0.1) is 37.5 Å². The summed E-state index contributed by atoms with van der Waals surface area (Å²) in [4.78, 5) is 58.5. The predicted molar refractivity (Wildman–Crippen MR) is 157 cm³/mol. The van der Waals surface area contributed by atoms with Gasteiger partial charge in [-0.2, -0.15) is 0 Å². The maximum Gasteiger partial charge on any atom is 0.405 e. The van der Waals surface area contributed by atoms with Gasteiger partial charge in [0.2, 0.25) is 0 Å². The maximum atomic E-state index is 13.8. The van der Waals surface area contributed by atoms with Crippen molar-refractivity contribution in [2.75, 3.05) is 19.8 Å². The number of ether oxygens (including phenoxy) is 2. The van der Waals surface area contributed by atoms with Gasteiger partial charge in [0.15, 0.2) is 0 Å². The largest absolute Gasteiger partial charge is 0.405 e. The molecule has 2 aliphatic heterocycles. The van der Waals surface area contributed by atoms with Crippen molar-refractivity contribution in [3.05, 3.63) is 86.1 Å². The van der Waals surface area contributed by atoms with Gasteiger partial charge in [-0.15, -0.1) is 0 Å². The van der Waals surface area contributed by atoms with E-state index in [1.807, 2.05) is 6.92 Å². The summed E-state index contributed by atoms with van der Waals surface area (Å²) in [6.45, 7) is 4.50. The van der Waals surface area contributed by atoms with Crippen LogP contribution in [0, 0.1) is 13.8 Å². The second-order valence-electron chi connectivity index (χ2n) is 10.6. The highest BCUT2D eigenvalue weighted by atomic mass is 31.2. The van der Waals surface area contributed by atoms with Gasteiger partial charge >= 0.3 is 19.1 Å². The van der Waals surface area contributed by atoms with Gasteiger partial charge < -0.3 is 9.47 Å². The first-order valence-corrected chi connectivity index (χ1v) is 15.7. The molecule has 0 saturated carbocycles. The summed E-state index contributed by atoms with van der Waals surface area (Å²) in [6.07, 6.45) is 0.539. The van der Waals surface area contributed by atoms with E-state index in [0.29, 0.717) is 6.42 Å². The Kier molecular flexibility index (Phi) is 11.2. The molecule has 2 saturated heterocycles. The monoisotopic (exact) mass is 651 g/mol. The molecular formula is C24H34N11O9P. The Morgan fingerprint density at radius 1 is 0.911 bits per heavy atom. The van der Waals surface area contributed by atoms with Crippen LogP contribution in [-0.4, -0.2) is 63.2 Å². The predicted octanol–water partition coefficient (Wildman–Crippen LogP) is 2.17. The Hall–Kier alpha value is -3.99. The first kappa shape index (κ1) is 33.9. The minimum atomic E-state index is -4.09. The SMILES string of the molecule is CCCCNP(=O)(OC[C@@H]1O[C@H](n2cc(C)c(=O)[nH]c2=O)C[C@H]1N=[N+]=[N-])OC[C@H]1O[C@@H](n2cc(C)c(=O)[nH]c2=O)C[C@@H]1N=[N+]=[N-]. The van der Waals surface area contributed by atoms with Gasteiger partial charge in [-0.3, -0.25) is 37.7 Å². The van der Waals surface area contributed by atoms with E-state index in [9.17, 15) is 23.7 Å². The normalized spacial score (nSPS) is 25.8. The van der Waals surface area contributed by atoms with Crippen molar-refractivity contribution in [3.63, 3.8) is 0 Å². The van der Waals surface area contributed by atoms with Crippen LogP contribution in [0.5, 0.6) is 0 Å². The third kappa shape index (κ3) is 8.19. The fraction of sp³-hybridized carbons (Fsp3) is 0.667. The lowest BCUT2D eigenvalue weighted by atomic mass is 10.1. The average molecular weight is 652 g/mol. The van der Waals surface area contributed by atoms with Gasteiger partial charge in [0.25, 0.3) is 11.1 Å². The second kappa shape index (κ2) is 14.9. The lowest BCUT2D eigenvalue weighted by Gasteiger charge is -2.24. The quantitative estimate of drug-likeness (QED) is 0.0880. The van der Waals surface area contributed by atoms with E-state index in [1.165, 1.54) is 35.4 Å². The number of rotatable bonds is 14. The van der Waals surface area contributed by atoms with Crippen LogP contribution >= 0.6 is 7.75 Å². The van der Waals surface area contributed by atoms with E-state index in [0.717, 1.165) is 6.42 Å². The van der Waals surface area contributed by atoms with E-state index in [2.05, 4.69) is 35.1 Å². The molecule has 7 atom stereocenters. The van der Waals surface area contributed by atoms with Crippen LogP contribution in [-0.2, 0) is 23.1 Å². The molecule has 2 aromatic rings. The zero-order chi connectivity index (χ0) is 32.7. The number of aromatic amines is 2. The van der Waals surface area contributed by atoms with Crippen LogP contribution in [0.4, 0.5) is 0 Å². The van der Waals surface area contributed by atoms with Crippen molar-refractivity contribution < 1.29 is 23.1 Å². The van der Waals surface area contributed by atoms with Crippen LogP contribution in [0.2, 0.25) is 0 Å². The molecule has 0 aliphatic carbocycles. The summed E-state index contributed by atoms with van der Waals surface area (Å²) in [6, 6.07) is -1.62. The number of H-pyrrole nitrogens is 2. The molecule has 2 fully saturated rings. The number of aromatic nitrogens is 4. The van der Waals surface area contributed by atoms with Gasteiger partial charge in [-0.1, -0.05) is 23.6 Å². The lowest BCUT2D eigenvalue weighted by molar-refractivity contribution is -0.0353. The maximum absolute atomic E-state index is 13.8. The summed E-state index contributed by atoms with van der Waals surface area (Å²) < 4.78 is 39.5. The first-order chi connectivity index (χ1) is 21.5. The summed E-state index contributed by atoms with van der Waals surface area (Å²) in [7, 11) is -4.09. The van der Waals surface area contributed by atoms with E-state index in [1.54, 1.807) is 0 Å². The molecule has 0 radical (unpaired) electrons. The molecule has 0 aromatic carbocycles. The summed E-state index contributed by atoms with van der Waals surface area (Å²) in [5.74, 6) is 0. The lowest BCUT2D eigenvalue weighted by Crippen LogP contribution is -2.34. The van der Waals surface area contributed by atoms with Crippen LogP contribution in [0.25, 0.3) is 20.9 Å². The first-order valence-electron chi connectivity index (χ1n) is 14.2. The Bertz CT molecular complexity index is 1640. The number of unbranched alkanes of at least 4 members (excludes halogenated alkanes) is 1. The zero-order valence-electron chi connectivity index (χ0n) is 24.8. The van der Waals surface area contributed by atoms with Crippen molar-refractivity contribution in [1.82, 2.24) is 24.2 Å². The fourth-order valence-electron chi connectivity index (χ4n) is 4.91. The number of nitrogens with zero attached hydrogens (tertiary/aromatic N) is 8. The molecule has 21 heteroatoms. The Morgan fingerprint density at radius 2 is 1.36 bits per heavy atom. The number of nitrogens with one attached hydrogen (secondary N) is 3. The Balaban J connectivity index is 1.49. The highest BCUT2D eigenvalue weighted by Gasteiger charge is 2.41. The van der Waals surface area contributed by atoms with Crippen molar-refractivity contribution in [2.45, 2.75) is 83.2 Å².